The number of likely N-dealkylation sites (tertiary alicyclic amines) is 1. The number of nitrogens with zero attached hydrogens (tertiary/aromatic N) is 4. The van der Waals surface area contributed by atoms with E-state index in [0.717, 1.165) is 36.3 Å². The maximum atomic E-state index is 12.5. The Morgan fingerprint density at radius 2 is 2.17 bits per heavy atom. The molecule has 1 aromatic carbocycles. The van der Waals surface area contributed by atoms with Gasteiger partial charge in [-0.3, -0.25) is 4.90 Å². The second-order valence-electron chi connectivity index (χ2n) is 7.05. The quantitative estimate of drug-likeness (QED) is 0.627. The van der Waals surface area contributed by atoms with Crippen molar-refractivity contribution in [1.29, 1.82) is 0 Å². The van der Waals surface area contributed by atoms with Crippen molar-refractivity contribution in [2.24, 2.45) is 0 Å². The van der Waals surface area contributed by atoms with Gasteiger partial charge in [-0.15, -0.1) is 11.3 Å². The molecule has 1 fully saturated rings. The maximum absolute atomic E-state index is 12.5. The summed E-state index contributed by atoms with van der Waals surface area (Å²) in [5.41, 5.74) is 3.10. The van der Waals surface area contributed by atoms with Gasteiger partial charge in [0.2, 0.25) is 5.13 Å². The topological polar surface area (TPSA) is 80.5 Å². The maximum Gasteiger partial charge on any atom is 0.341 e. The lowest BCUT2D eigenvalue weighted by atomic mass is 10.1. The van der Waals surface area contributed by atoms with Crippen LogP contribution >= 0.6 is 11.3 Å². The summed E-state index contributed by atoms with van der Waals surface area (Å²) in [6, 6.07) is 9.97. The molecule has 0 amide bonds. The minimum absolute atomic E-state index is 0.307. The number of aromatic nitrogens is 3. The molecular weight excluding hydrogens is 388 g/mol. The standard InChI is InChI=1S/C21H24N4O3S/c1-2-28-20(27)17-11-22-25(19(17)13-24-10-6-9-16(26)12-24)21-23-18(14-29-21)15-7-4-3-5-8-15/h3-5,7-8,11,14,16,26H,2,6,9-10,12-13H2,1H3/t16-/m1/s1. The van der Waals surface area contributed by atoms with Crippen molar-refractivity contribution in [3.8, 4) is 16.4 Å². The molecule has 7 nitrogen and oxygen atoms in total. The van der Waals surface area contributed by atoms with Crippen LogP contribution in [-0.2, 0) is 11.3 Å². The van der Waals surface area contributed by atoms with Crippen LogP contribution in [0.3, 0.4) is 0 Å². The Morgan fingerprint density at radius 3 is 2.93 bits per heavy atom. The average molecular weight is 413 g/mol. The van der Waals surface area contributed by atoms with E-state index in [1.165, 1.54) is 11.3 Å². The molecule has 0 bridgehead atoms. The molecule has 3 aromatic rings. The van der Waals surface area contributed by atoms with Gasteiger partial charge in [0.05, 0.1) is 30.3 Å². The predicted octanol–water partition coefficient (Wildman–Crippen LogP) is 3.13. The Hall–Kier alpha value is -2.55. The number of aliphatic hydroxyl groups is 1. The van der Waals surface area contributed by atoms with Gasteiger partial charge in [-0.2, -0.15) is 5.10 Å². The largest absolute Gasteiger partial charge is 0.462 e. The van der Waals surface area contributed by atoms with Crippen molar-refractivity contribution in [3.63, 3.8) is 0 Å². The highest BCUT2D eigenvalue weighted by molar-refractivity contribution is 7.12. The van der Waals surface area contributed by atoms with Crippen molar-refractivity contribution in [3.05, 3.63) is 53.2 Å². The third-order valence-electron chi connectivity index (χ3n) is 4.96. The molecule has 4 rings (SSSR count). The van der Waals surface area contributed by atoms with Gasteiger partial charge in [0, 0.05) is 24.0 Å². The second-order valence-corrected chi connectivity index (χ2v) is 7.89. The zero-order valence-corrected chi connectivity index (χ0v) is 17.1. The number of benzene rings is 1. The van der Waals surface area contributed by atoms with E-state index in [-0.39, 0.29) is 12.1 Å². The van der Waals surface area contributed by atoms with Gasteiger partial charge >= 0.3 is 5.97 Å². The highest BCUT2D eigenvalue weighted by atomic mass is 32.1. The molecule has 1 aliphatic heterocycles. The van der Waals surface area contributed by atoms with E-state index in [4.69, 9.17) is 9.72 Å². The lowest BCUT2D eigenvalue weighted by molar-refractivity contribution is 0.0517. The highest BCUT2D eigenvalue weighted by Crippen LogP contribution is 2.26. The number of thiazole rings is 1. The summed E-state index contributed by atoms with van der Waals surface area (Å²) in [6.45, 7) is 4.06. The Balaban J connectivity index is 1.67. The summed E-state index contributed by atoms with van der Waals surface area (Å²) < 4.78 is 6.95. The molecule has 152 valence electrons. The number of esters is 1. The first-order valence-corrected chi connectivity index (χ1v) is 10.7. The van der Waals surface area contributed by atoms with E-state index in [1.54, 1.807) is 17.8 Å². The zero-order valence-electron chi connectivity index (χ0n) is 16.3. The van der Waals surface area contributed by atoms with Crippen LogP contribution in [0.4, 0.5) is 0 Å². The normalized spacial score (nSPS) is 17.4. The molecule has 8 heteroatoms. The fourth-order valence-corrected chi connectivity index (χ4v) is 4.37. The number of aliphatic hydroxyl groups excluding tert-OH is 1. The van der Waals surface area contributed by atoms with Gasteiger partial charge in [-0.05, 0) is 26.3 Å². The zero-order chi connectivity index (χ0) is 20.2. The van der Waals surface area contributed by atoms with E-state index < -0.39 is 0 Å². The lowest BCUT2D eigenvalue weighted by Gasteiger charge is -2.30. The van der Waals surface area contributed by atoms with Crippen LogP contribution in [0.15, 0.2) is 41.9 Å². The smallest absolute Gasteiger partial charge is 0.341 e. The molecule has 0 aliphatic carbocycles. The Bertz CT molecular complexity index is 969. The number of ether oxygens (including phenoxy) is 1. The van der Waals surface area contributed by atoms with Crippen LogP contribution in [0, 0.1) is 0 Å². The minimum atomic E-state index is -0.383. The summed E-state index contributed by atoms with van der Waals surface area (Å²) in [5, 5.41) is 17.2. The Kier molecular flexibility index (Phi) is 6.03. The van der Waals surface area contributed by atoms with Crippen molar-refractivity contribution in [1.82, 2.24) is 19.7 Å². The van der Waals surface area contributed by atoms with Crippen LogP contribution in [0.25, 0.3) is 16.4 Å². The molecule has 1 aliphatic rings. The first-order valence-electron chi connectivity index (χ1n) is 9.81. The van der Waals surface area contributed by atoms with Crippen molar-refractivity contribution in [2.45, 2.75) is 32.4 Å². The van der Waals surface area contributed by atoms with Gasteiger partial charge in [0.1, 0.15) is 5.56 Å². The van der Waals surface area contributed by atoms with Gasteiger partial charge in [-0.1, -0.05) is 30.3 Å². The number of piperidine rings is 1. The fraction of sp³-hybridized carbons (Fsp3) is 0.381. The monoisotopic (exact) mass is 412 g/mol. The van der Waals surface area contributed by atoms with Crippen LogP contribution in [0.1, 0.15) is 35.8 Å². The summed E-state index contributed by atoms with van der Waals surface area (Å²) in [6.07, 6.45) is 2.96. The molecule has 3 heterocycles. The minimum Gasteiger partial charge on any atom is -0.462 e. The number of carbonyl (C=O) groups is 1. The van der Waals surface area contributed by atoms with E-state index in [0.29, 0.717) is 30.4 Å². The summed E-state index contributed by atoms with van der Waals surface area (Å²) >= 11 is 1.48. The number of carbonyl (C=O) groups excluding carboxylic acids is 1. The number of hydrogen-bond donors (Lipinski definition) is 1. The molecule has 1 N–H and O–H groups in total. The third kappa shape index (κ3) is 4.39. The van der Waals surface area contributed by atoms with E-state index in [2.05, 4.69) is 10.00 Å². The van der Waals surface area contributed by atoms with Gasteiger partial charge in [0.25, 0.3) is 0 Å². The highest BCUT2D eigenvalue weighted by Gasteiger charge is 2.25. The number of hydrogen-bond acceptors (Lipinski definition) is 7. The molecule has 1 saturated heterocycles. The van der Waals surface area contributed by atoms with Crippen molar-refractivity contribution in [2.75, 3.05) is 19.7 Å². The van der Waals surface area contributed by atoms with E-state index in [9.17, 15) is 9.90 Å². The molecule has 0 saturated carbocycles. The molecule has 29 heavy (non-hydrogen) atoms. The lowest BCUT2D eigenvalue weighted by Crippen LogP contribution is -2.38. The van der Waals surface area contributed by atoms with Crippen LogP contribution in [0.5, 0.6) is 0 Å². The van der Waals surface area contributed by atoms with Crippen molar-refractivity contribution < 1.29 is 14.6 Å². The van der Waals surface area contributed by atoms with Crippen LogP contribution in [0.2, 0.25) is 0 Å². The molecule has 0 radical (unpaired) electrons. The molecule has 0 unspecified atom stereocenters. The van der Waals surface area contributed by atoms with E-state index >= 15 is 0 Å². The SMILES string of the molecule is CCOC(=O)c1cnn(-c2nc(-c3ccccc3)cs2)c1CN1CCC[C@@H](O)C1. The Morgan fingerprint density at radius 1 is 1.34 bits per heavy atom. The summed E-state index contributed by atoms with van der Waals surface area (Å²) in [5.74, 6) is -0.383. The van der Waals surface area contributed by atoms with Gasteiger partial charge in [0.15, 0.2) is 0 Å². The summed E-state index contributed by atoms with van der Waals surface area (Å²) in [7, 11) is 0. The molecule has 0 spiro atoms. The van der Waals surface area contributed by atoms with Crippen LogP contribution < -0.4 is 0 Å². The third-order valence-corrected chi connectivity index (χ3v) is 5.78. The predicted molar refractivity (Wildman–Crippen MR) is 111 cm³/mol. The van der Waals surface area contributed by atoms with Gasteiger partial charge < -0.3 is 9.84 Å². The Labute approximate surface area is 173 Å². The second kappa shape index (κ2) is 8.86. The first-order chi connectivity index (χ1) is 14.2. The molecule has 1 atom stereocenters. The number of β-amino-alcohol motifs (C(OH)–C–C–N with tert-alkyl or cyclic N) is 1. The van der Waals surface area contributed by atoms with Crippen molar-refractivity contribution >= 4 is 17.3 Å². The fourth-order valence-electron chi connectivity index (χ4n) is 3.56. The average Bonchev–Trinajstić information content (AvgIpc) is 3.36. The van der Waals surface area contributed by atoms with Gasteiger partial charge in [-0.25, -0.2) is 14.5 Å². The summed E-state index contributed by atoms with van der Waals surface area (Å²) in [4.78, 5) is 19.4. The van der Waals surface area contributed by atoms with Crippen LogP contribution in [-0.4, -0.2) is 56.5 Å². The van der Waals surface area contributed by atoms with E-state index in [1.807, 2.05) is 35.7 Å². The first kappa shape index (κ1) is 19.8. The molecule has 2 aromatic heterocycles. The molecular formula is C21H24N4O3S. The number of rotatable bonds is 6.